The first-order valence-electron chi connectivity index (χ1n) is 5.94. The molecule has 0 spiro atoms. The zero-order valence-electron chi connectivity index (χ0n) is 10.8. The first kappa shape index (κ1) is 14.4. The average Bonchev–Trinajstić information content (AvgIpc) is 2.48. The molecule has 0 saturated carbocycles. The lowest BCUT2D eigenvalue weighted by atomic mass is 10.3. The Morgan fingerprint density at radius 1 is 1.20 bits per heavy atom. The molecule has 1 aromatic carbocycles. The summed E-state index contributed by atoms with van der Waals surface area (Å²) in [5.41, 5.74) is 5.04. The first-order valence-corrected chi connectivity index (χ1v) is 6.72. The third-order valence-corrected chi connectivity index (χ3v) is 3.01. The van der Waals surface area contributed by atoms with E-state index in [0.29, 0.717) is 10.1 Å². The van der Waals surface area contributed by atoms with E-state index in [-0.39, 0.29) is 0 Å². The van der Waals surface area contributed by atoms with Gasteiger partial charge in [0.25, 0.3) is 0 Å². The predicted molar refractivity (Wildman–Crippen MR) is 87.3 cm³/mol. The number of hydrazone groups is 1. The van der Waals surface area contributed by atoms with Crippen molar-refractivity contribution in [2.24, 2.45) is 5.10 Å². The number of halogens is 1. The second-order valence-corrected chi connectivity index (χ2v) is 4.77. The first-order chi connectivity index (χ1) is 9.66. The largest absolute Gasteiger partial charge is 0.330 e. The highest BCUT2D eigenvalue weighted by Crippen LogP contribution is 2.20. The summed E-state index contributed by atoms with van der Waals surface area (Å²) in [6.45, 7) is 1.85. The number of nitrogens with zero attached hydrogens (tertiary/aromatic N) is 2. The summed E-state index contributed by atoms with van der Waals surface area (Å²) in [4.78, 5) is 4.20. The zero-order valence-corrected chi connectivity index (χ0v) is 12.4. The van der Waals surface area contributed by atoms with Gasteiger partial charge in [-0.05, 0) is 43.4 Å². The topological polar surface area (TPSA) is 49.3 Å². The average molecular weight is 305 g/mol. The molecule has 1 heterocycles. The van der Waals surface area contributed by atoms with Crippen molar-refractivity contribution >= 4 is 40.3 Å². The summed E-state index contributed by atoms with van der Waals surface area (Å²) < 4.78 is 0. The fourth-order valence-electron chi connectivity index (χ4n) is 1.48. The van der Waals surface area contributed by atoms with Crippen LogP contribution in [0.2, 0.25) is 5.02 Å². The van der Waals surface area contributed by atoms with Crippen molar-refractivity contribution in [3.05, 3.63) is 59.4 Å². The molecule has 0 radical (unpaired) electrons. The molecule has 0 amide bonds. The zero-order chi connectivity index (χ0) is 14.4. The number of hydrogen-bond acceptors (Lipinski definition) is 3. The normalized spacial score (nSPS) is 11.0. The standard InChI is InChI=1S/C14H13ClN4S/c1-10(12-7-4-5-9-16-12)18-19-14(20)17-13-8-3-2-6-11(13)15/h2-9H,1H3,(H2,17,19,20)/b18-10+. The van der Waals surface area contributed by atoms with Crippen molar-refractivity contribution in [1.82, 2.24) is 10.4 Å². The number of hydrogen-bond donors (Lipinski definition) is 2. The molecule has 0 aliphatic carbocycles. The second-order valence-electron chi connectivity index (χ2n) is 3.96. The number of para-hydroxylation sites is 1. The van der Waals surface area contributed by atoms with E-state index in [0.717, 1.165) is 17.1 Å². The molecule has 0 fully saturated rings. The van der Waals surface area contributed by atoms with Gasteiger partial charge in [-0.25, -0.2) is 0 Å². The van der Waals surface area contributed by atoms with Crippen molar-refractivity contribution in [1.29, 1.82) is 0 Å². The van der Waals surface area contributed by atoms with Crippen LogP contribution in [0, 0.1) is 0 Å². The molecular weight excluding hydrogens is 292 g/mol. The van der Waals surface area contributed by atoms with Gasteiger partial charge in [-0.15, -0.1) is 0 Å². The van der Waals surface area contributed by atoms with E-state index < -0.39 is 0 Å². The highest BCUT2D eigenvalue weighted by atomic mass is 35.5. The highest BCUT2D eigenvalue weighted by Gasteiger charge is 2.02. The van der Waals surface area contributed by atoms with Crippen LogP contribution >= 0.6 is 23.8 Å². The third-order valence-electron chi connectivity index (χ3n) is 2.48. The smallest absolute Gasteiger partial charge is 0.191 e. The monoisotopic (exact) mass is 304 g/mol. The Balaban J connectivity index is 1.97. The predicted octanol–water partition coefficient (Wildman–Crippen LogP) is 3.45. The van der Waals surface area contributed by atoms with Gasteiger partial charge in [0, 0.05) is 6.20 Å². The minimum Gasteiger partial charge on any atom is -0.330 e. The molecule has 6 heteroatoms. The highest BCUT2D eigenvalue weighted by molar-refractivity contribution is 7.80. The lowest BCUT2D eigenvalue weighted by molar-refractivity contribution is 1.03. The molecule has 2 aromatic rings. The van der Waals surface area contributed by atoms with Crippen molar-refractivity contribution < 1.29 is 0 Å². The summed E-state index contributed by atoms with van der Waals surface area (Å²) in [5, 5.41) is 8.12. The van der Waals surface area contributed by atoms with Gasteiger partial charge in [0.15, 0.2) is 5.11 Å². The van der Waals surface area contributed by atoms with Crippen LogP contribution in [0.25, 0.3) is 0 Å². The Kier molecular flexibility index (Phi) is 5.03. The van der Waals surface area contributed by atoms with Crippen LogP contribution < -0.4 is 10.7 Å². The number of nitrogens with one attached hydrogen (secondary N) is 2. The fraction of sp³-hybridized carbons (Fsp3) is 0.0714. The van der Waals surface area contributed by atoms with Gasteiger partial charge in [-0.1, -0.05) is 29.8 Å². The van der Waals surface area contributed by atoms with Crippen LogP contribution in [0.4, 0.5) is 5.69 Å². The van der Waals surface area contributed by atoms with E-state index in [1.165, 1.54) is 0 Å². The van der Waals surface area contributed by atoms with E-state index in [2.05, 4.69) is 20.8 Å². The van der Waals surface area contributed by atoms with E-state index in [1.54, 1.807) is 12.3 Å². The van der Waals surface area contributed by atoms with Crippen molar-refractivity contribution in [3.8, 4) is 0 Å². The van der Waals surface area contributed by atoms with Crippen LogP contribution in [0.3, 0.4) is 0 Å². The quantitative estimate of drug-likeness (QED) is 0.518. The number of benzene rings is 1. The van der Waals surface area contributed by atoms with Gasteiger partial charge < -0.3 is 5.32 Å². The van der Waals surface area contributed by atoms with Gasteiger partial charge in [-0.2, -0.15) is 5.10 Å². The molecule has 0 aliphatic heterocycles. The summed E-state index contributed by atoms with van der Waals surface area (Å²) >= 11 is 11.2. The Hall–Kier alpha value is -1.98. The Morgan fingerprint density at radius 2 is 1.95 bits per heavy atom. The lowest BCUT2D eigenvalue weighted by Crippen LogP contribution is -2.25. The molecule has 0 unspecified atom stereocenters. The third kappa shape index (κ3) is 4.01. The van der Waals surface area contributed by atoms with Crippen LogP contribution in [-0.2, 0) is 0 Å². The summed E-state index contributed by atoms with van der Waals surface area (Å²) in [6.07, 6.45) is 1.72. The minimum atomic E-state index is 0.369. The maximum absolute atomic E-state index is 6.03. The second kappa shape index (κ2) is 6.98. The number of anilines is 1. The summed E-state index contributed by atoms with van der Waals surface area (Å²) in [6, 6.07) is 13.0. The lowest BCUT2D eigenvalue weighted by Gasteiger charge is -2.09. The SMILES string of the molecule is C/C(=N\NC(=S)Nc1ccccc1Cl)c1ccccn1. The Bertz CT molecular complexity index is 628. The molecule has 0 aliphatic rings. The van der Waals surface area contributed by atoms with Crippen molar-refractivity contribution in [2.75, 3.05) is 5.32 Å². The summed E-state index contributed by atoms with van der Waals surface area (Å²) in [7, 11) is 0. The maximum atomic E-state index is 6.03. The molecule has 0 bridgehead atoms. The fourth-order valence-corrected chi connectivity index (χ4v) is 1.82. The number of rotatable bonds is 3. The van der Waals surface area contributed by atoms with Crippen LogP contribution in [0.15, 0.2) is 53.8 Å². The van der Waals surface area contributed by atoms with Gasteiger partial charge in [0.05, 0.1) is 22.1 Å². The molecule has 102 valence electrons. The molecule has 2 rings (SSSR count). The Labute approximate surface area is 127 Å². The number of pyridine rings is 1. The molecule has 0 saturated heterocycles. The molecule has 20 heavy (non-hydrogen) atoms. The number of thiocarbonyl (C=S) groups is 1. The van der Waals surface area contributed by atoms with E-state index in [4.69, 9.17) is 23.8 Å². The number of aromatic nitrogens is 1. The van der Waals surface area contributed by atoms with Crippen LogP contribution in [0.5, 0.6) is 0 Å². The van der Waals surface area contributed by atoms with Gasteiger partial charge in [0.2, 0.25) is 0 Å². The van der Waals surface area contributed by atoms with Gasteiger partial charge in [0.1, 0.15) is 0 Å². The molecule has 4 nitrogen and oxygen atoms in total. The minimum absolute atomic E-state index is 0.369. The van der Waals surface area contributed by atoms with E-state index in [1.807, 2.05) is 43.3 Å². The maximum Gasteiger partial charge on any atom is 0.191 e. The van der Waals surface area contributed by atoms with Gasteiger partial charge in [-0.3, -0.25) is 10.4 Å². The molecule has 2 N–H and O–H groups in total. The van der Waals surface area contributed by atoms with Gasteiger partial charge >= 0.3 is 0 Å². The summed E-state index contributed by atoms with van der Waals surface area (Å²) in [5.74, 6) is 0. The van der Waals surface area contributed by atoms with Crippen LogP contribution in [-0.4, -0.2) is 15.8 Å². The van der Waals surface area contributed by atoms with Crippen molar-refractivity contribution in [3.63, 3.8) is 0 Å². The molecular formula is C14H13ClN4S. The van der Waals surface area contributed by atoms with Crippen molar-refractivity contribution in [2.45, 2.75) is 6.92 Å². The van der Waals surface area contributed by atoms with Crippen LogP contribution in [0.1, 0.15) is 12.6 Å². The Morgan fingerprint density at radius 3 is 2.65 bits per heavy atom. The molecule has 0 atom stereocenters. The van der Waals surface area contributed by atoms with E-state index >= 15 is 0 Å². The van der Waals surface area contributed by atoms with E-state index in [9.17, 15) is 0 Å². The molecule has 1 aromatic heterocycles.